The number of nitrogens with zero attached hydrogens (tertiary/aromatic N) is 1. The Bertz CT molecular complexity index is 781. The van der Waals surface area contributed by atoms with Crippen LogP contribution in [0.4, 0.5) is 10.1 Å². The lowest BCUT2D eigenvalue weighted by Crippen LogP contribution is -2.14. The molecule has 1 heterocycles. The van der Waals surface area contributed by atoms with Crippen molar-refractivity contribution >= 4 is 22.5 Å². The first-order valence-corrected chi connectivity index (χ1v) is 6.15. The lowest BCUT2D eigenvalue weighted by atomic mass is 10.1. The number of nitrogens with one attached hydrogen (secondary N) is 1. The van der Waals surface area contributed by atoms with Gasteiger partial charge in [0.25, 0.3) is 5.91 Å². The molecule has 2 aromatic carbocycles. The van der Waals surface area contributed by atoms with Gasteiger partial charge in [0.2, 0.25) is 0 Å². The van der Waals surface area contributed by atoms with Crippen molar-refractivity contribution < 1.29 is 9.18 Å². The number of hydrogen-bond donors (Lipinski definition) is 1. The van der Waals surface area contributed by atoms with Gasteiger partial charge in [0, 0.05) is 11.6 Å². The quantitative estimate of drug-likeness (QED) is 0.768. The fourth-order valence-electron chi connectivity index (χ4n) is 2.04. The minimum atomic E-state index is -0.543. The number of pyridine rings is 1. The molecular formula is C16H11FN2O. The van der Waals surface area contributed by atoms with Crippen LogP contribution in [0.2, 0.25) is 0 Å². The Labute approximate surface area is 115 Å². The molecule has 0 bridgehead atoms. The molecule has 0 spiro atoms. The van der Waals surface area contributed by atoms with Gasteiger partial charge in [-0.15, -0.1) is 0 Å². The van der Waals surface area contributed by atoms with Crippen LogP contribution in [0.5, 0.6) is 0 Å². The summed E-state index contributed by atoms with van der Waals surface area (Å²) in [5, 5.41) is 3.62. The lowest BCUT2D eigenvalue weighted by molar-refractivity contribution is 0.102. The maximum absolute atomic E-state index is 13.6. The van der Waals surface area contributed by atoms with E-state index in [9.17, 15) is 9.18 Å². The Hall–Kier alpha value is -2.75. The molecule has 1 aromatic heterocycles. The van der Waals surface area contributed by atoms with E-state index in [1.54, 1.807) is 24.4 Å². The molecule has 0 radical (unpaired) electrons. The monoisotopic (exact) mass is 265 g/mol. The van der Waals surface area contributed by atoms with E-state index in [1.807, 2.05) is 24.3 Å². The molecule has 0 aliphatic heterocycles. The summed E-state index contributed by atoms with van der Waals surface area (Å²) in [5.74, 6) is -1.03. The van der Waals surface area contributed by atoms with E-state index in [2.05, 4.69) is 10.3 Å². The Morgan fingerprint density at radius 2 is 1.80 bits per heavy atom. The zero-order chi connectivity index (χ0) is 13.9. The van der Waals surface area contributed by atoms with Crippen molar-refractivity contribution in [1.29, 1.82) is 0 Å². The van der Waals surface area contributed by atoms with Crippen LogP contribution < -0.4 is 5.32 Å². The number of rotatable bonds is 2. The number of halogens is 1. The summed E-state index contributed by atoms with van der Waals surface area (Å²) >= 11 is 0. The number of amides is 1. The summed E-state index contributed by atoms with van der Waals surface area (Å²) < 4.78 is 13.6. The highest BCUT2D eigenvalue weighted by molar-refractivity contribution is 6.08. The number of carbonyl (C=O) groups excluding carboxylic acids is 1. The predicted octanol–water partition coefficient (Wildman–Crippen LogP) is 3.63. The molecule has 0 aliphatic rings. The zero-order valence-electron chi connectivity index (χ0n) is 10.5. The average molecular weight is 265 g/mol. The fourth-order valence-corrected chi connectivity index (χ4v) is 2.04. The van der Waals surface area contributed by atoms with Gasteiger partial charge in [0.1, 0.15) is 5.82 Å². The van der Waals surface area contributed by atoms with Gasteiger partial charge in [-0.25, -0.2) is 4.39 Å². The van der Waals surface area contributed by atoms with Crippen molar-refractivity contribution in [2.24, 2.45) is 0 Å². The smallest absolute Gasteiger partial charge is 0.258 e. The minimum Gasteiger partial charge on any atom is -0.320 e. The Kier molecular flexibility index (Phi) is 3.13. The SMILES string of the molecule is O=C(Nc1cccc2cccnc12)c1ccccc1[18F]. The van der Waals surface area contributed by atoms with Gasteiger partial charge in [0.05, 0.1) is 16.8 Å². The van der Waals surface area contributed by atoms with Crippen molar-refractivity contribution in [3.63, 3.8) is 0 Å². The largest absolute Gasteiger partial charge is 0.320 e. The molecule has 0 saturated carbocycles. The van der Waals surface area contributed by atoms with Crippen molar-refractivity contribution in [3.8, 4) is 0 Å². The van der Waals surface area contributed by atoms with Gasteiger partial charge in [0.15, 0.2) is 0 Å². The van der Waals surface area contributed by atoms with Gasteiger partial charge >= 0.3 is 0 Å². The standard InChI is InChI=1S/C16H11FN2O/c17-13-8-2-1-7-12(13)16(20)19-14-9-3-5-11-6-4-10-18-15(11)14/h1-10H,(H,19,20)/i17-1. The van der Waals surface area contributed by atoms with Crippen LogP contribution in [-0.2, 0) is 0 Å². The van der Waals surface area contributed by atoms with Crippen LogP contribution in [0.25, 0.3) is 10.9 Å². The fraction of sp³-hybridized carbons (Fsp3) is 0. The van der Waals surface area contributed by atoms with Crippen LogP contribution in [0.1, 0.15) is 10.4 Å². The van der Waals surface area contributed by atoms with E-state index in [4.69, 9.17) is 0 Å². The highest BCUT2D eigenvalue weighted by Crippen LogP contribution is 2.21. The molecule has 0 atom stereocenters. The first-order valence-electron chi connectivity index (χ1n) is 6.15. The second-order valence-electron chi connectivity index (χ2n) is 4.31. The van der Waals surface area contributed by atoms with Crippen LogP contribution in [0.15, 0.2) is 60.8 Å². The predicted molar refractivity (Wildman–Crippen MR) is 76.1 cm³/mol. The Morgan fingerprint density at radius 1 is 1.00 bits per heavy atom. The van der Waals surface area contributed by atoms with Crippen LogP contribution >= 0.6 is 0 Å². The molecule has 0 fully saturated rings. The maximum Gasteiger partial charge on any atom is 0.258 e. The summed E-state index contributed by atoms with van der Waals surface area (Å²) in [4.78, 5) is 16.3. The van der Waals surface area contributed by atoms with Crippen molar-refractivity contribution in [1.82, 2.24) is 4.98 Å². The molecule has 3 aromatic rings. The number of fused-ring (bicyclic) bond motifs is 1. The zero-order valence-corrected chi connectivity index (χ0v) is 10.5. The minimum absolute atomic E-state index is 0.0143. The summed E-state index contributed by atoms with van der Waals surface area (Å²) in [6.07, 6.45) is 1.65. The number of benzene rings is 2. The molecule has 1 N–H and O–H groups in total. The van der Waals surface area contributed by atoms with E-state index in [0.29, 0.717) is 11.2 Å². The van der Waals surface area contributed by atoms with Crippen LogP contribution in [-0.4, -0.2) is 10.9 Å². The summed E-state index contributed by atoms with van der Waals surface area (Å²) in [7, 11) is 0. The van der Waals surface area contributed by atoms with Crippen molar-refractivity contribution in [2.45, 2.75) is 0 Å². The molecule has 1 amide bonds. The molecule has 3 rings (SSSR count). The summed E-state index contributed by atoms with van der Waals surface area (Å²) in [6.45, 7) is 0. The molecule has 0 unspecified atom stereocenters. The van der Waals surface area contributed by atoms with Gasteiger partial charge in [-0.3, -0.25) is 9.78 Å². The van der Waals surface area contributed by atoms with Gasteiger partial charge in [-0.1, -0.05) is 30.3 Å². The first kappa shape index (κ1) is 12.3. The van der Waals surface area contributed by atoms with Crippen molar-refractivity contribution in [2.75, 3.05) is 5.32 Å². The van der Waals surface area contributed by atoms with Gasteiger partial charge < -0.3 is 5.32 Å². The van der Waals surface area contributed by atoms with E-state index in [1.165, 1.54) is 12.1 Å². The molecule has 3 nitrogen and oxygen atoms in total. The number of para-hydroxylation sites is 1. The number of hydrogen-bond acceptors (Lipinski definition) is 2. The number of carbonyl (C=O) groups is 1. The van der Waals surface area contributed by atoms with E-state index in [-0.39, 0.29) is 5.56 Å². The molecule has 98 valence electrons. The summed E-state index contributed by atoms with van der Waals surface area (Å²) in [5.41, 5.74) is 1.26. The third kappa shape index (κ3) is 2.23. The highest BCUT2D eigenvalue weighted by Gasteiger charge is 2.12. The van der Waals surface area contributed by atoms with Gasteiger partial charge in [-0.2, -0.15) is 0 Å². The van der Waals surface area contributed by atoms with Crippen molar-refractivity contribution in [3.05, 3.63) is 72.2 Å². The van der Waals surface area contributed by atoms with Gasteiger partial charge in [-0.05, 0) is 24.3 Å². The molecular weight excluding hydrogens is 254 g/mol. The van der Waals surface area contributed by atoms with Crippen LogP contribution in [0, 0.1) is 5.82 Å². The normalized spacial score (nSPS) is 10.4. The molecule has 0 aliphatic carbocycles. The lowest BCUT2D eigenvalue weighted by Gasteiger charge is -2.08. The second kappa shape index (κ2) is 5.09. The Morgan fingerprint density at radius 3 is 2.65 bits per heavy atom. The topological polar surface area (TPSA) is 42.0 Å². The highest BCUT2D eigenvalue weighted by atomic mass is 18.2. The second-order valence-corrected chi connectivity index (χ2v) is 4.31. The molecule has 0 saturated heterocycles. The molecule has 20 heavy (non-hydrogen) atoms. The summed E-state index contributed by atoms with van der Waals surface area (Å²) in [6, 6.07) is 15.1. The average Bonchev–Trinajstić information content (AvgIpc) is 2.48. The van der Waals surface area contributed by atoms with E-state index in [0.717, 1.165) is 5.39 Å². The van der Waals surface area contributed by atoms with E-state index >= 15 is 0 Å². The maximum atomic E-state index is 13.6. The first-order chi connectivity index (χ1) is 9.75. The Balaban J connectivity index is 1.98. The van der Waals surface area contributed by atoms with Crippen LogP contribution in [0.3, 0.4) is 0 Å². The number of anilines is 1. The molecule has 4 heteroatoms. The third-order valence-corrected chi connectivity index (χ3v) is 3.00. The van der Waals surface area contributed by atoms with E-state index < -0.39 is 11.7 Å². The number of aromatic nitrogens is 1. The third-order valence-electron chi connectivity index (χ3n) is 3.00.